The van der Waals surface area contributed by atoms with Crippen LogP contribution in [0, 0.1) is 12.7 Å². The average molecular weight is 712 g/mol. The van der Waals surface area contributed by atoms with Crippen LogP contribution < -0.4 is 5.32 Å². The van der Waals surface area contributed by atoms with Crippen LogP contribution in [-0.4, -0.2) is 42.5 Å². The minimum Gasteiger partial charge on any atom is -0.421 e. The molecule has 9 rings (SSSR count). The van der Waals surface area contributed by atoms with E-state index in [0.29, 0.717) is 65.6 Å². The number of carbonyl (C=O) groups excluding carboxylic acids is 1. The van der Waals surface area contributed by atoms with E-state index in [0.717, 1.165) is 45.1 Å². The van der Waals surface area contributed by atoms with Crippen molar-refractivity contribution in [3.8, 4) is 21.9 Å². The summed E-state index contributed by atoms with van der Waals surface area (Å²) in [5.41, 5.74) is 4.03. The van der Waals surface area contributed by atoms with Crippen molar-refractivity contribution in [2.75, 3.05) is 11.9 Å². The Bertz CT molecular complexity index is 2350. The Morgan fingerprint density at radius 1 is 0.980 bits per heavy atom. The lowest BCUT2D eigenvalue weighted by Crippen LogP contribution is -2.22. The van der Waals surface area contributed by atoms with Gasteiger partial charge in [0.25, 0.3) is 5.91 Å². The lowest BCUT2D eigenvalue weighted by molar-refractivity contribution is -0.138. The first-order valence-electron chi connectivity index (χ1n) is 16.8. The Morgan fingerprint density at radius 2 is 1.80 bits per heavy atom. The number of fused-ring (bicyclic) bond motifs is 5. The van der Waals surface area contributed by atoms with E-state index in [-0.39, 0.29) is 35.6 Å². The number of hydrogen-bond donors (Lipinski definition) is 1. The van der Waals surface area contributed by atoms with Crippen molar-refractivity contribution in [2.24, 2.45) is 0 Å². The molecule has 5 aromatic heterocycles. The van der Waals surface area contributed by atoms with Gasteiger partial charge in [0, 0.05) is 36.3 Å². The zero-order valence-electron chi connectivity index (χ0n) is 27.2. The number of nitrogens with one attached hydrogen (secondary N) is 1. The van der Waals surface area contributed by atoms with Crippen LogP contribution in [0.25, 0.3) is 32.0 Å². The van der Waals surface area contributed by atoms with Crippen molar-refractivity contribution in [1.82, 2.24) is 30.0 Å². The van der Waals surface area contributed by atoms with Crippen LogP contribution >= 0.6 is 11.3 Å². The molecule has 14 heteroatoms. The molecule has 0 saturated carbocycles. The molecule has 1 amide bonds. The molecule has 6 aromatic rings. The number of pyridine rings is 3. The molecular weight excluding hydrogens is 683 g/mol. The number of carbonyl (C=O) groups is 1. The number of alkyl halides is 3. The monoisotopic (exact) mass is 711 g/mol. The third kappa shape index (κ3) is 5.34. The Kier molecular flexibility index (Phi) is 7.42. The summed E-state index contributed by atoms with van der Waals surface area (Å²) in [7, 11) is 0. The number of aryl methyl sites for hydroxylation is 3. The molecule has 0 spiro atoms. The van der Waals surface area contributed by atoms with Gasteiger partial charge in [0.1, 0.15) is 11.6 Å². The molecule has 0 bridgehead atoms. The highest BCUT2D eigenvalue weighted by Gasteiger charge is 2.45. The van der Waals surface area contributed by atoms with Crippen LogP contribution in [0.5, 0.6) is 0 Å². The number of hydrogen-bond acceptors (Lipinski definition) is 9. The third-order valence-corrected chi connectivity index (χ3v) is 11.2. The minimum absolute atomic E-state index is 0.0967. The maximum Gasteiger partial charge on any atom is 0.416 e. The predicted octanol–water partition coefficient (Wildman–Crippen LogP) is 8.44. The van der Waals surface area contributed by atoms with Crippen LogP contribution in [0.2, 0.25) is 0 Å². The highest BCUT2D eigenvalue weighted by Crippen LogP contribution is 2.51. The molecular formula is C37H29F4N7O2S. The molecule has 51 heavy (non-hydrogen) atoms. The van der Waals surface area contributed by atoms with Crippen LogP contribution in [-0.2, 0) is 25.4 Å². The number of benzene rings is 1. The molecule has 1 unspecified atom stereocenters. The number of thiophene rings is 1. The molecule has 1 fully saturated rings. The zero-order valence-corrected chi connectivity index (χ0v) is 28.0. The molecule has 258 valence electrons. The molecule has 2 atom stereocenters. The fourth-order valence-electron chi connectivity index (χ4n) is 7.78. The number of anilines is 1. The average Bonchev–Trinajstić information content (AvgIpc) is 3.95. The fourth-order valence-corrected chi connectivity index (χ4v) is 8.94. The summed E-state index contributed by atoms with van der Waals surface area (Å²) in [4.78, 5) is 31.0. The number of aromatic nitrogens is 5. The van der Waals surface area contributed by atoms with Gasteiger partial charge in [-0.2, -0.15) is 13.2 Å². The summed E-state index contributed by atoms with van der Waals surface area (Å²) in [5.74, 6) is 0.714. The molecule has 1 saturated heterocycles. The fraction of sp³-hybridized carbons (Fsp3) is 0.297. The van der Waals surface area contributed by atoms with Crippen LogP contribution in [0.4, 0.5) is 23.4 Å². The summed E-state index contributed by atoms with van der Waals surface area (Å²) >= 11 is 1.43. The molecule has 7 heterocycles. The highest BCUT2D eigenvalue weighted by molar-refractivity contribution is 7.23. The third-order valence-electron chi connectivity index (χ3n) is 10.0. The standard InChI is InChI=1S/C37H29F4N7O2S/c1-18-46-47-35(50-18)28-24(10-6-19-4-7-21(38)8-5-19)44-32-26-3-2-16-48(26)36(49)30(32)29(28)27-17-20-12-14-43-34(33(20)51-27)45-25-11-9-22-23(37(39,40)41)13-15-42-31(22)25/h4-5,7-8,12-15,17,25-26H,2-3,6,9-11,16H2,1H3,(H,43,45)/t25-,26?/m1/s1. The van der Waals surface area contributed by atoms with Crippen molar-refractivity contribution < 1.29 is 26.8 Å². The number of nitrogens with zero attached hydrogens (tertiary/aromatic N) is 6. The van der Waals surface area contributed by atoms with Gasteiger partial charge in [-0.25, -0.2) is 9.37 Å². The summed E-state index contributed by atoms with van der Waals surface area (Å²) < 4.78 is 61.9. The van der Waals surface area contributed by atoms with Crippen molar-refractivity contribution in [1.29, 1.82) is 0 Å². The predicted molar refractivity (Wildman–Crippen MR) is 182 cm³/mol. The number of rotatable bonds is 7. The Morgan fingerprint density at radius 3 is 2.59 bits per heavy atom. The van der Waals surface area contributed by atoms with Gasteiger partial charge < -0.3 is 14.6 Å². The molecule has 1 aromatic carbocycles. The van der Waals surface area contributed by atoms with Gasteiger partial charge in [-0.1, -0.05) is 12.1 Å². The van der Waals surface area contributed by atoms with Gasteiger partial charge in [-0.3, -0.25) is 14.8 Å². The molecule has 9 nitrogen and oxygen atoms in total. The normalized spacial score (nSPS) is 18.1. The second-order valence-corrected chi connectivity index (χ2v) is 14.2. The first-order valence-corrected chi connectivity index (χ1v) is 17.6. The summed E-state index contributed by atoms with van der Waals surface area (Å²) in [6.45, 7) is 2.34. The second kappa shape index (κ2) is 11.9. The van der Waals surface area contributed by atoms with E-state index >= 15 is 0 Å². The maximum absolute atomic E-state index is 14.2. The molecule has 1 aliphatic carbocycles. The molecule has 1 N–H and O–H groups in total. The Hall–Kier alpha value is -5.24. The largest absolute Gasteiger partial charge is 0.421 e. The second-order valence-electron chi connectivity index (χ2n) is 13.1. The van der Waals surface area contributed by atoms with Gasteiger partial charge >= 0.3 is 6.18 Å². The van der Waals surface area contributed by atoms with E-state index in [1.165, 1.54) is 29.7 Å². The summed E-state index contributed by atoms with van der Waals surface area (Å²) in [6.07, 6.45) is 1.81. The number of halogens is 4. The number of amides is 1. The lowest BCUT2D eigenvalue weighted by atomic mass is 9.93. The van der Waals surface area contributed by atoms with Crippen LogP contribution in [0.3, 0.4) is 0 Å². The maximum atomic E-state index is 14.2. The SMILES string of the molecule is Cc1nnc(-c2c(CCc3ccc(F)cc3)nc3c(c2-c2cc4ccnc(N[C@@H]5CCc6c(C(F)(F)F)ccnc65)c4s2)C(=O)N2CCCC32)o1. The summed E-state index contributed by atoms with van der Waals surface area (Å²) in [5, 5.41) is 12.8. The van der Waals surface area contributed by atoms with Gasteiger partial charge in [0.2, 0.25) is 11.8 Å². The Balaban J connectivity index is 1.19. The first kappa shape index (κ1) is 31.7. The molecule has 0 radical (unpaired) electrons. The summed E-state index contributed by atoms with van der Waals surface area (Å²) in [6, 6.07) is 10.7. The van der Waals surface area contributed by atoms with Gasteiger partial charge in [0.05, 0.1) is 50.6 Å². The van der Waals surface area contributed by atoms with Crippen LogP contribution in [0.1, 0.15) is 81.4 Å². The van der Waals surface area contributed by atoms with Gasteiger partial charge in [0.15, 0.2) is 0 Å². The van der Waals surface area contributed by atoms with Crippen molar-refractivity contribution in [2.45, 2.75) is 63.7 Å². The van der Waals surface area contributed by atoms with Crippen molar-refractivity contribution >= 4 is 33.1 Å². The van der Waals surface area contributed by atoms with E-state index in [1.54, 1.807) is 25.3 Å². The van der Waals surface area contributed by atoms with E-state index in [2.05, 4.69) is 25.5 Å². The Labute approximate surface area is 292 Å². The van der Waals surface area contributed by atoms with E-state index in [9.17, 15) is 22.4 Å². The minimum atomic E-state index is -4.47. The smallest absolute Gasteiger partial charge is 0.416 e. The molecule has 2 aliphatic heterocycles. The topological polar surface area (TPSA) is 110 Å². The van der Waals surface area contributed by atoms with Crippen LogP contribution in [0.15, 0.2) is 59.3 Å². The quantitative estimate of drug-likeness (QED) is 0.164. The van der Waals surface area contributed by atoms with Crippen molar-refractivity contribution in [3.63, 3.8) is 0 Å². The van der Waals surface area contributed by atoms with E-state index in [1.807, 2.05) is 17.0 Å². The lowest BCUT2D eigenvalue weighted by Gasteiger charge is -2.16. The van der Waals surface area contributed by atoms with Gasteiger partial charge in [-0.15, -0.1) is 21.5 Å². The van der Waals surface area contributed by atoms with E-state index < -0.39 is 17.8 Å². The van der Waals surface area contributed by atoms with Crippen molar-refractivity contribution in [3.05, 3.63) is 106 Å². The zero-order chi connectivity index (χ0) is 35.0. The highest BCUT2D eigenvalue weighted by atomic mass is 32.1. The molecule has 3 aliphatic rings. The van der Waals surface area contributed by atoms with Gasteiger partial charge in [-0.05, 0) is 85.4 Å². The first-order chi connectivity index (χ1) is 24.6. The van der Waals surface area contributed by atoms with E-state index in [4.69, 9.17) is 9.40 Å².